The molecule has 140 valence electrons. The highest BCUT2D eigenvalue weighted by Gasteiger charge is 2.49. The summed E-state index contributed by atoms with van der Waals surface area (Å²) in [6.45, 7) is 1.54. The average Bonchev–Trinajstić information content (AvgIpc) is 3.31. The van der Waals surface area contributed by atoms with Crippen molar-refractivity contribution in [3.63, 3.8) is 0 Å². The Labute approximate surface area is 154 Å². The summed E-state index contributed by atoms with van der Waals surface area (Å²) >= 11 is 0. The maximum atomic E-state index is 12.7. The van der Waals surface area contributed by atoms with E-state index in [1.165, 1.54) is 0 Å². The number of nitrogens with two attached hydrogens (primary N) is 1. The van der Waals surface area contributed by atoms with Crippen LogP contribution in [-0.2, 0) is 9.59 Å². The first-order valence-corrected chi connectivity index (χ1v) is 9.63. The minimum atomic E-state index is -0.113. The Hall–Kier alpha value is -2.08. The summed E-state index contributed by atoms with van der Waals surface area (Å²) in [4.78, 5) is 26.7. The predicted octanol–water partition coefficient (Wildman–Crippen LogP) is 1.16. The van der Waals surface area contributed by atoms with Gasteiger partial charge >= 0.3 is 0 Å². The van der Waals surface area contributed by atoms with Crippen molar-refractivity contribution in [1.82, 2.24) is 10.2 Å². The van der Waals surface area contributed by atoms with E-state index in [0.29, 0.717) is 38.0 Å². The van der Waals surface area contributed by atoms with E-state index in [0.717, 1.165) is 25.0 Å². The highest BCUT2D eigenvalue weighted by molar-refractivity contribution is 5.84. The van der Waals surface area contributed by atoms with Gasteiger partial charge < -0.3 is 20.7 Å². The first-order chi connectivity index (χ1) is 12.6. The third kappa shape index (κ3) is 3.43. The molecule has 2 amide bonds. The van der Waals surface area contributed by atoms with Crippen LogP contribution in [0.15, 0.2) is 30.3 Å². The number of benzene rings is 1. The third-order valence-electron chi connectivity index (χ3n) is 6.22. The number of nitrogens with one attached hydrogen (secondary N) is 1. The Bertz CT molecular complexity index is 664. The Balaban J connectivity index is 1.24. The van der Waals surface area contributed by atoms with Crippen molar-refractivity contribution in [3.8, 4) is 5.75 Å². The van der Waals surface area contributed by atoms with Crippen LogP contribution in [0.2, 0.25) is 0 Å². The molecule has 2 saturated carbocycles. The van der Waals surface area contributed by atoms with Crippen molar-refractivity contribution in [2.45, 2.75) is 37.8 Å². The first kappa shape index (κ1) is 17.3. The Morgan fingerprint density at radius 1 is 1.23 bits per heavy atom. The molecule has 2 bridgehead atoms. The third-order valence-corrected chi connectivity index (χ3v) is 6.22. The topological polar surface area (TPSA) is 84.7 Å². The van der Waals surface area contributed by atoms with Gasteiger partial charge in [-0.25, -0.2) is 0 Å². The van der Waals surface area contributed by atoms with Crippen LogP contribution in [0.3, 0.4) is 0 Å². The first-order valence-electron chi connectivity index (χ1n) is 9.63. The molecular weight excluding hydrogens is 330 g/mol. The lowest BCUT2D eigenvalue weighted by Crippen LogP contribution is -2.48. The van der Waals surface area contributed by atoms with Crippen molar-refractivity contribution in [1.29, 1.82) is 0 Å². The molecule has 26 heavy (non-hydrogen) atoms. The molecule has 3 aliphatic rings. The summed E-state index contributed by atoms with van der Waals surface area (Å²) in [6.07, 6.45) is 3.73. The van der Waals surface area contributed by atoms with Crippen molar-refractivity contribution >= 4 is 11.8 Å². The smallest absolute Gasteiger partial charge is 0.225 e. The van der Waals surface area contributed by atoms with Crippen LogP contribution in [0, 0.1) is 17.8 Å². The van der Waals surface area contributed by atoms with Gasteiger partial charge in [0.1, 0.15) is 12.4 Å². The maximum absolute atomic E-state index is 12.7. The summed E-state index contributed by atoms with van der Waals surface area (Å²) in [7, 11) is 0. The number of rotatable bonds is 6. The fraction of sp³-hybridized carbons (Fsp3) is 0.600. The lowest BCUT2D eigenvalue weighted by molar-refractivity contribution is -0.128. The lowest BCUT2D eigenvalue weighted by atomic mass is 9.84. The Kier molecular flexibility index (Phi) is 4.85. The van der Waals surface area contributed by atoms with Crippen LogP contribution >= 0.6 is 0 Å². The van der Waals surface area contributed by atoms with Crippen molar-refractivity contribution in [2.24, 2.45) is 23.5 Å². The Morgan fingerprint density at radius 2 is 2.00 bits per heavy atom. The van der Waals surface area contributed by atoms with Gasteiger partial charge in [-0.15, -0.1) is 0 Å². The van der Waals surface area contributed by atoms with E-state index in [9.17, 15) is 9.59 Å². The zero-order valence-electron chi connectivity index (χ0n) is 15.0. The highest BCUT2D eigenvalue weighted by Crippen LogP contribution is 2.47. The molecule has 5 unspecified atom stereocenters. The normalized spacial score (nSPS) is 32.9. The fourth-order valence-electron chi connectivity index (χ4n) is 4.90. The molecule has 4 rings (SSSR count). The van der Waals surface area contributed by atoms with Gasteiger partial charge in [-0.1, -0.05) is 18.2 Å². The molecule has 3 N–H and O–H groups in total. The Morgan fingerprint density at radius 3 is 2.73 bits per heavy atom. The summed E-state index contributed by atoms with van der Waals surface area (Å²) < 4.78 is 5.66. The van der Waals surface area contributed by atoms with Gasteiger partial charge in [-0.2, -0.15) is 0 Å². The van der Waals surface area contributed by atoms with Crippen LogP contribution < -0.4 is 15.8 Å². The monoisotopic (exact) mass is 357 g/mol. The molecule has 1 aliphatic heterocycles. The molecule has 2 aliphatic carbocycles. The summed E-state index contributed by atoms with van der Waals surface area (Å²) in [5, 5.41) is 3.08. The largest absolute Gasteiger partial charge is 0.492 e. The molecule has 3 fully saturated rings. The summed E-state index contributed by atoms with van der Waals surface area (Å²) in [5.41, 5.74) is 6.26. The number of para-hydroxylation sites is 1. The number of carbonyl (C=O) groups is 2. The number of carbonyl (C=O) groups excluding carboxylic acids is 2. The minimum absolute atomic E-state index is 0.0127. The molecule has 1 aromatic carbocycles. The number of fused-ring (bicyclic) bond motifs is 2. The standard InChI is InChI=1S/C20H27N3O3/c21-19-14-7-6-13(10-14)18(19)20(25)22-15-11-17(24)23(12-15)8-9-26-16-4-2-1-3-5-16/h1-5,13-15,18-19H,6-12,21H2,(H,22,25). The SMILES string of the molecule is NC1C2CCC(C2)C1C(=O)NC1CC(=O)N(CCOc2ccccc2)C1. The van der Waals surface area contributed by atoms with E-state index in [-0.39, 0.29) is 29.8 Å². The van der Waals surface area contributed by atoms with Crippen LogP contribution in [0.4, 0.5) is 0 Å². The zero-order valence-corrected chi connectivity index (χ0v) is 15.0. The number of nitrogens with zero attached hydrogens (tertiary/aromatic N) is 1. The second-order valence-corrected chi connectivity index (χ2v) is 7.85. The zero-order chi connectivity index (χ0) is 18.1. The predicted molar refractivity (Wildman–Crippen MR) is 97.4 cm³/mol. The highest BCUT2D eigenvalue weighted by atomic mass is 16.5. The molecular formula is C20H27N3O3. The van der Waals surface area contributed by atoms with Crippen LogP contribution in [-0.4, -0.2) is 48.5 Å². The molecule has 1 heterocycles. The number of likely N-dealkylation sites (tertiary alicyclic amines) is 1. The molecule has 6 heteroatoms. The van der Waals surface area contributed by atoms with Gasteiger partial charge in [0.25, 0.3) is 0 Å². The average molecular weight is 357 g/mol. The van der Waals surface area contributed by atoms with E-state index in [2.05, 4.69) is 5.32 Å². The number of amides is 2. The van der Waals surface area contributed by atoms with Gasteiger partial charge in [0.15, 0.2) is 0 Å². The van der Waals surface area contributed by atoms with Crippen molar-refractivity contribution < 1.29 is 14.3 Å². The van der Waals surface area contributed by atoms with Crippen LogP contribution in [0.5, 0.6) is 5.75 Å². The van der Waals surface area contributed by atoms with Gasteiger partial charge in [0.05, 0.1) is 18.5 Å². The summed E-state index contributed by atoms with van der Waals surface area (Å²) in [6, 6.07) is 9.44. The van der Waals surface area contributed by atoms with Crippen molar-refractivity contribution in [2.75, 3.05) is 19.7 Å². The quantitative estimate of drug-likeness (QED) is 0.800. The molecule has 0 spiro atoms. The van der Waals surface area contributed by atoms with E-state index in [1.807, 2.05) is 30.3 Å². The van der Waals surface area contributed by atoms with Gasteiger partial charge in [0.2, 0.25) is 11.8 Å². The van der Waals surface area contributed by atoms with E-state index < -0.39 is 0 Å². The van der Waals surface area contributed by atoms with E-state index >= 15 is 0 Å². The lowest BCUT2D eigenvalue weighted by Gasteiger charge is -2.28. The summed E-state index contributed by atoms with van der Waals surface area (Å²) in [5.74, 6) is 1.79. The van der Waals surface area contributed by atoms with Crippen molar-refractivity contribution in [3.05, 3.63) is 30.3 Å². The molecule has 0 radical (unpaired) electrons. The fourth-order valence-corrected chi connectivity index (χ4v) is 4.90. The van der Waals surface area contributed by atoms with E-state index in [1.54, 1.807) is 4.90 Å². The number of ether oxygens (including phenoxy) is 1. The molecule has 1 saturated heterocycles. The van der Waals surface area contributed by atoms with Gasteiger partial charge in [0, 0.05) is 19.0 Å². The number of hydrogen-bond acceptors (Lipinski definition) is 4. The van der Waals surface area contributed by atoms with Gasteiger partial charge in [-0.05, 0) is 43.2 Å². The van der Waals surface area contributed by atoms with Crippen LogP contribution in [0.1, 0.15) is 25.7 Å². The minimum Gasteiger partial charge on any atom is -0.492 e. The molecule has 0 aromatic heterocycles. The maximum Gasteiger partial charge on any atom is 0.225 e. The van der Waals surface area contributed by atoms with E-state index in [4.69, 9.17) is 10.5 Å². The molecule has 5 atom stereocenters. The molecule has 1 aromatic rings. The number of hydrogen-bond donors (Lipinski definition) is 2. The second-order valence-electron chi connectivity index (χ2n) is 7.85. The second kappa shape index (κ2) is 7.27. The molecule has 6 nitrogen and oxygen atoms in total. The van der Waals surface area contributed by atoms with Gasteiger partial charge in [-0.3, -0.25) is 9.59 Å². The van der Waals surface area contributed by atoms with Crippen LogP contribution in [0.25, 0.3) is 0 Å².